The van der Waals surface area contributed by atoms with Gasteiger partial charge in [0.1, 0.15) is 0 Å². The summed E-state index contributed by atoms with van der Waals surface area (Å²) in [5.74, 6) is -0.806. The molecule has 5 nitrogen and oxygen atoms in total. The van der Waals surface area contributed by atoms with Gasteiger partial charge in [-0.15, -0.1) is 0 Å². The Balaban J connectivity index is 2.70. The SMILES string of the molecule is CC(=O)Oc1cn2ccccc2c1C=C(C(C)=O)C(C)=O. The lowest BCUT2D eigenvalue weighted by Crippen LogP contribution is -2.06. The number of ketones is 2. The maximum atomic E-state index is 11.6. The first-order valence-corrected chi connectivity index (χ1v) is 6.42. The number of nitrogens with zero attached hydrogens (tertiary/aromatic N) is 1. The van der Waals surface area contributed by atoms with Gasteiger partial charge < -0.3 is 9.14 Å². The number of Topliss-reactive ketones (excluding diaryl/α,β-unsaturated/α-hetero) is 2. The largest absolute Gasteiger partial charge is 0.424 e. The summed E-state index contributed by atoms with van der Waals surface area (Å²) in [7, 11) is 0. The first kappa shape index (κ1) is 14.7. The molecule has 0 amide bonds. The second-order valence-corrected chi connectivity index (χ2v) is 4.66. The predicted molar refractivity (Wildman–Crippen MR) is 78.0 cm³/mol. The fourth-order valence-corrected chi connectivity index (χ4v) is 2.10. The molecule has 0 fully saturated rings. The number of carbonyl (C=O) groups excluding carboxylic acids is 3. The van der Waals surface area contributed by atoms with E-state index >= 15 is 0 Å². The van der Waals surface area contributed by atoms with Crippen molar-refractivity contribution in [1.29, 1.82) is 0 Å². The molecular weight excluding hydrogens is 270 g/mol. The first-order chi connectivity index (χ1) is 9.90. The Morgan fingerprint density at radius 2 is 1.76 bits per heavy atom. The molecule has 0 aromatic carbocycles. The second kappa shape index (κ2) is 5.75. The molecule has 2 rings (SSSR count). The van der Waals surface area contributed by atoms with Crippen LogP contribution in [0.4, 0.5) is 0 Å². The van der Waals surface area contributed by atoms with E-state index in [2.05, 4.69) is 0 Å². The monoisotopic (exact) mass is 285 g/mol. The Morgan fingerprint density at radius 3 is 2.33 bits per heavy atom. The highest BCUT2D eigenvalue weighted by atomic mass is 16.5. The molecule has 0 bridgehead atoms. The highest BCUT2D eigenvalue weighted by Gasteiger charge is 2.16. The Hall–Kier alpha value is -2.69. The van der Waals surface area contributed by atoms with Crippen LogP contribution < -0.4 is 4.74 Å². The molecule has 0 radical (unpaired) electrons. The number of aromatic nitrogens is 1. The van der Waals surface area contributed by atoms with E-state index in [0.29, 0.717) is 11.3 Å². The number of allylic oxidation sites excluding steroid dienone is 1. The number of rotatable bonds is 4. The molecule has 2 heterocycles. The third kappa shape index (κ3) is 3.08. The molecule has 21 heavy (non-hydrogen) atoms. The van der Waals surface area contributed by atoms with Gasteiger partial charge in [0.2, 0.25) is 0 Å². The molecule has 2 aromatic heterocycles. The summed E-state index contributed by atoms with van der Waals surface area (Å²) in [5, 5.41) is 0. The molecule has 0 N–H and O–H groups in total. The maximum absolute atomic E-state index is 11.6. The number of hydrogen-bond donors (Lipinski definition) is 0. The van der Waals surface area contributed by atoms with E-state index in [-0.39, 0.29) is 17.1 Å². The van der Waals surface area contributed by atoms with Gasteiger partial charge >= 0.3 is 5.97 Å². The Morgan fingerprint density at radius 1 is 1.10 bits per heavy atom. The topological polar surface area (TPSA) is 64.8 Å². The van der Waals surface area contributed by atoms with Crippen LogP contribution in [0, 0.1) is 0 Å². The van der Waals surface area contributed by atoms with Gasteiger partial charge in [0.15, 0.2) is 17.3 Å². The van der Waals surface area contributed by atoms with E-state index in [1.165, 1.54) is 26.8 Å². The van der Waals surface area contributed by atoms with Crippen molar-refractivity contribution in [3.63, 3.8) is 0 Å². The van der Waals surface area contributed by atoms with Crippen LogP contribution in [0.1, 0.15) is 26.3 Å². The third-order valence-electron chi connectivity index (χ3n) is 2.99. The number of hydrogen-bond acceptors (Lipinski definition) is 4. The number of carbonyl (C=O) groups is 3. The van der Waals surface area contributed by atoms with Gasteiger partial charge in [-0.05, 0) is 32.1 Å². The summed E-state index contributed by atoms with van der Waals surface area (Å²) in [6, 6.07) is 5.47. The zero-order chi connectivity index (χ0) is 15.6. The van der Waals surface area contributed by atoms with E-state index in [0.717, 1.165) is 5.52 Å². The average Bonchev–Trinajstić information content (AvgIpc) is 2.71. The molecule has 0 unspecified atom stereocenters. The Labute approximate surface area is 121 Å². The number of pyridine rings is 1. The second-order valence-electron chi connectivity index (χ2n) is 4.66. The smallest absolute Gasteiger partial charge is 0.308 e. The van der Waals surface area contributed by atoms with Crippen LogP contribution in [0.5, 0.6) is 5.75 Å². The molecule has 0 aliphatic heterocycles. The Kier molecular flexibility index (Phi) is 4.03. The van der Waals surface area contributed by atoms with Crippen LogP contribution in [0.3, 0.4) is 0 Å². The maximum Gasteiger partial charge on any atom is 0.308 e. The van der Waals surface area contributed by atoms with E-state index < -0.39 is 5.97 Å². The highest BCUT2D eigenvalue weighted by molar-refractivity contribution is 6.22. The van der Waals surface area contributed by atoms with Gasteiger partial charge in [-0.25, -0.2) is 0 Å². The standard InChI is InChI=1S/C16H15NO4/c1-10(18)13(11(2)19)8-14-15-6-4-5-7-17(15)9-16(14)21-12(3)20/h4-9H,1-3H3. The van der Waals surface area contributed by atoms with Crippen molar-refractivity contribution in [2.24, 2.45) is 0 Å². The van der Waals surface area contributed by atoms with Crippen molar-refractivity contribution >= 4 is 29.1 Å². The molecular formula is C16H15NO4. The zero-order valence-corrected chi connectivity index (χ0v) is 12.0. The van der Waals surface area contributed by atoms with Crippen molar-refractivity contribution in [3.8, 4) is 5.75 Å². The molecule has 0 aliphatic rings. The quantitative estimate of drug-likeness (QED) is 0.374. The lowest BCUT2D eigenvalue weighted by Gasteiger charge is -2.02. The lowest BCUT2D eigenvalue weighted by atomic mass is 10.0. The van der Waals surface area contributed by atoms with Gasteiger partial charge in [0, 0.05) is 18.7 Å². The minimum Gasteiger partial charge on any atom is -0.424 e. The van der Waals surface area contributed by atoms with Crippen LogP contribution in [-0.2, 0) is 14.4 Å². The van der Waals surface area contributed by atoms with Crippen LogP contribution >= 0.6 is 0 Å². The summed E-state index contributed by atoms with van der Waals surface area (Å²) in [6.45, 7) is 3.96. The van der Waals surface area contributed by atoms with Crippen LogP contribution in [0.15, 0.2) is 36.2 Å². The van der Waals surface area contributed by atoms with Gasteiger partial charge in [0.25, 0.3) is 0 Å². The molecule has 0 atom stereocenters. The van der Waals surface area contributed by atoms with Crippen molar-refractivity contribution < 1.29 is 19.1 Å². The minimum atomic E-state index is -0.465. The van der Waals surface area contributed by atoms with E-state index in [1.807, 2.05) is 18.2 Å². The lowest BCUT2D eigenvalue weighted by molar-refractivity contribution is -0.132. The zero-order valence-electron chi connectivity index (χ0n) is 12.0. The molecule has 0 saturated carbocycles. The molecule has 0 aliphatic carbocycles. The van der Waals surface area contributed by atoms with Crippen molar-refractivity contribution in [1.82, 2.24) is 4.40 Å². The van der Waals surface area contributed by atoms with E-state index in [4.69, 9.17) is 4.74 Å². The fourth-order valence-electron chi connectivity index (χ4n) is 2.10. The van der Waals surface area contributed by atoms with Crippen LogP contribution in [0.2, 0.25) is 0 Å². The fraction of sp³-hybridized carbons (Fsp3) is 0.188. The minimum absolute atomic E-state index is 0.0698. The number of ether oxygens (including phenoxy) is 1. The highest BCUT2D eigenvalue weighted by Crippen LogP contribution is 2.28. The molecule has 108 valence electrons. The molecule has 0 saturated heterocycles. The van der Waals surface area contributed by atoms with Gasteiger partial charge in [0.05, 0.1) is 17.3 Å². The summed E-state index contributed by atoms with van der Waals surface area (Å²) < 4.78 is 6.93. The average molecular weight is 285 g/mol. The van der Waals surface area contributed by atoms with Crippen LogP contribution in [0.25, 0.3) is 11.6 Å². The summed E-state index contributed by atoms with van der Waals surface area (Å²) in [4.78, 5) is 34.4. The molecule has 5 heteroatoms. The van der Waals surface area contributed by atoms with Gasteiger partial charge in [-0.1, -0.05) is 6.07 Å². The van der Waals surface area contributed by atoms with Crippen molar-refractivity contribution in [2.45, 2.75) is 20.8 Å². The summed E-state index contributed by atoms with van der Waals surface area (Å²) >= 11 is 0. The predicted octanol–water partition coefficient (Wildman–Crippen LogP) is 2.43. The number of fused-ring (bicyclic) bond motifs is 1. The van der Waals surface area contributed by atoms with E-state index in [1.54, 1.807) is 16.8 Å². The molecule has 2 aromatic rings. The Bertz CT molecular complexity index is 752. The number of esters is 1. The van der Waals surface area contributed by atoms with E-state index in [9.17, 15) is 14.4 Å². The summed E-state index contributed by atoms with van der Waals surface area (Å²) in [5.41, 5.74) is 1.35. The summed E-state index contributed by atoms with van der Waals surface area (Å²) in [6.07, 6.45) is 4.90. The first-order valence-electron chi connectivity index (χ1n) is 6.42. The van der Waals surface area contributed by atoms with Gasteiger partial charge in [-0.2, -0.15) is 0 Å². The van der Waals surface area contributed by atoms with Crippen molar-refractivity contribution in [3.05, 3.63) is 41.7 Å². The van der Waals surface area contributed by atoms with Crippen molar-refractivity contribution in [2.75, 3.05) is 0 Å². The van der Waals surface area contributed by atoms with Crippen LogP contribution in [-0.4, -0.2) is 21.9 Å². The normalized spacial score (nSPS) is 10.2. The van der Waals surface area contributed by atoms with Gasteiger partial charge in [-0.3, -0.25) is 14.4 Å². The molecule has 0 spiro atoms. The third-order valence-corrected chi connectivity index (χ3v) is 2.99.